The first-order valence-electron chi connectivity index (χ1n) is 7.68. The van der Waals surface area contributed by atoms with Gasteiger partial charge in [0.05, 0.1) is 11.6 Å². The monoisotopic (exact) mass is 310 g/mol. The van der Waals surface area contributed by atoms with Crippen molar-refractivity contribution in [1.29, 1.82) is 0 Å². The van der Waals surface area contributed by atoms with Crippen molar-refractivity contribution in [1.82, 2.24) is 10.2 Å². The van der Waals surface area contributed by atoms with Crippen LogP contribution in [-0.4, -0.2) is 35.6 Å². The summed E-state index contributed by atoms with van der Waals surface area (Å²) in [6.07, 6.45) is 0.791. The van der Waals surface area contributed by atoms with Gasteiger partial charge < -0.3 is 9.64 Å². The molecule has 0 aliphatic carbocycles. The number of hydrogen-bond acceptors (Lipinski definition) is 4. The van der Waals surface area contributed by atoms with E-state index < -0.39 is 5.54 Å². The van der Waals surface area contributed by atoms with Crippen LogP contribution in [0.2, 0.25) is 0 Å². The second-order valence-electron chi connectivity index (χ2n) is 5.90. The van der Waals surface area contributed by atoms with Crippen LogP contribution < -0.4 is 5.32 Å². The van der Waals surface area contributed by atoms with E-state index >= 15 is 0 Å². The standard InChI is InChI=1S/C16H26N2O2S/c1-6-16(5)15(19)18(10-11(3)20-7-2)14(17-16)13-9-8-12(4)21-13/h8-9,11,14,17H,6-7,10H2,1-5H3. The highest BCUT2D eigenvalue weighted by atomic mass is 32.1. The fourth-order valence-electron chi connectivity index (χ4n) is 2.76. The zero-order valence-corrected chi connectivity index (χ0v) is 14.4. The van der Waals surface area contributed by atoms with Crippen LogP contribution in [0.25, 0.3) is 0 Å². The van der Waals surface area contributed by atoms with Crippen LogP contribution in [0.5, 0.6) is 0 Å². The van der Waals surface area contributed by atoms with Crippen molar-refractivity contribution in [3.8, 4) is 0 Å². The Bertz CT molecular complexity index is 502. The summed E-state index contributed by atoms with van der Waals surface area (Å²) in [5, 5.41) is 3.53. The molecule has 1 saturated heterocycles. The summed E-state index contributed by atoms with van der Waals surface area (Å²) in [5.74, 6) is 0.174. The zero-order chi connectivity index (χ0) is 15.6. The first-order valence-corrected chi connectivity index (χ1v) is 8.49. The molecule has 1 aromatic heterocycles. The fraction of sp³-hybridized carbons (Fsp3) is 0.688. The summed E-state index contributed by atoms with van der Waals surface area (Å²) < 4.78 is 5.63. The average molecular weight is 310 g/mol. The number of aryl methyl sites for hydroxylation is 1. The maximum absolute atomic E-state index is 12.8. The minimum Gasteiger partial charge on any atom is -0.377 e. The van der Waals surface area contributed by atoms with E-state index in [1.807, 2.05) is 25.7 Å². The molecule has 0 bridgehead atoms. The molecule has 1 aromatic rings. The molecule has 2 heterocycles. The Morgan fingerprint density at radius 1 is 1.48 bits per heavy atom. The molecule has 2 rings (SSSR count). The number of amides is 1. The van der Waals surface area contributed by atoms with Gasteiger partial charge in [-0.1, -0.05) is 6.92 Å². The Hall–Kier alpha value is -0.910. The van der Waals surface area contributed by atoms with Crippen molar-refractivity contribution in [3.05, 3.63) is 21.9 Å². The van der Waals surface area contributed by atoms with Gasteiger partial charge in [-0.15, -0.1) is 11.3 Å². The minimum atomic E-state index is -0.478. The molecule has 4 nitrogen and oxygen atoms in total. The molecule has 1 fully saturated rings. The van der Waals surface area contributed by atoms with E-state index in [1.54, 1.807) is 11.3 Å². The first-order chi connectivity index (χ1) is 9.91. The van der Waals surface area contributed by atoms with Gasteiger partial charge in [-0.3, -0.25) is 10.1 Å². The molecule has 1 N–H and O–H groups in total. The van der Waals surface area contributed by atoms with E-state index in [1.165, 1.54) is 9.75 Å². The summed E-state index contributed by atoms with van der Waals surface area (Å²) in [6, 6.07) is 4.22. The average Bonchev–Trinajstić information content (AvgIpc) is 2.97. The van der Waals surface area contributed by atoms with Crippen LogP contribution in [0.1, 0.15) is 50.0 Å². The van der Waals surface area contributed by atoms with E-state index in [0.29, 0.717) is 13.2 Å². The van der Waals surface area contributed by atoms with Crippen LogP contribution in [0.3, 0.4) is 0 Å². The lowest BCUT2D eigenvalue weighted by Crippen LogP contribution is -2.43. The molecule has 5 heteroatoms. The fourth-order valence-corrected chi connectivity index (χ4v) is 3.70. The maximum Gasteiger partial charge on any atom is 0.244 e. The van der Waals surface area contributed by atoms with E-state index in [4.69, 9.17) is 4.74 Å². The van der Waals surface area contributed by atoms with Gasteiger partial charge in [0.2, 0.25) is 5.91 Å². The topological polar surface area (TPSA) is 41.6 Å². The highest BCUT2D eigenvalue weighted by Crippen LogP contribution is 2.35. The third-order valence-electron chi connectivity index (χ3n) is 4.14. The lowest BCUT2D eigenvalue weighted by molar-refractivity contribution is -0.134. The summed E-state index contributed by atoms with van der Waals surface area (Å²) in [6.45, 7) is 11.4. The molecule has 3 atom stereocenters. The Balaban J connectivity index is 2.25. The Kier molecular flexibility index (Phi) is 5.07. The van der Waals surface area contributed by atoms with Crippen molar-refractivity contribution in [2.75, 3.05) is 13.2 Å². The van der Waals surface area contributed by atoms with E-state index in [0.717, 1.165) is 6.42 Å². The van der Waals surface area contributed by atoms with Gasteiger partial charge in [0.25, 0.3) is 0 Å². The van der Waals surface area contributed by atoms with Crippen LogP contribution in [0, 0.1) is 6.92 Å². The molecule has 0 spiro atoms. The lowest BCUT2D eigenvalue weighted by atomic mass is 9.99. The van der Waals surface area contributed by atoms with Crippen molar-refractivity contribution in [2.45, 2.75) is 58.8 Å². The molecular formula is C16H26N2O2S. The predicted molar refractivity (Wildman–Crippen MR) is 86.4 cm³/mol. The predicted octanol–water partition coefficient (Wildman–Crippen LogP) is 3.08. The summed E-state index contributed by atoms with van der Waals surface area (Å²) in [7, 11) is 0. The molecule has 1 aliphatic rings. The van der Waals surface area contributed by atoms with Crippen LogP contribution in [0.4, 0.5) is 0 Å². The van der Waals surface area contributed by atoms with Gasteiger partial charge in [-0.05, 0) is 46.2 Å². The number of thiophene rings is 1. The van der Waals surface area contributed by atoms with Crippen molar-refractivity contribution >= 4 is 17.2 Å². The number of nitrogens with zero attached hydrogens (tertiary/aromatic N) is 1. The second-order valence-corrected chi connectivity index (χ2v) is 7.22. The van der Waals surface area contributed by atoms with Crippen molar-refractivity contribution in [2.24, 2.45) is 0 Å². The SMILES string of the molecule is CCOC(C)CN1C(=O)C(C)(CC)NC1c1ccc(C)s1. The smallest absolute Gasteiger partial charge is 0.244 e. The van der Waals surface area contributed by atoms with E-state index in [9.17, 15) is 4.79 Å². The normalized spacial score (nSPS) is 27.4. The largest absolute Gasteiger partial charge is 0.377 e. The van der Waals surface area contributed by atoms with Crippen molar-refractivity contribution < 1.29 is 9.53 Å². The Morgan fingerprint density at radius 3 is 2.71 bits per heavy atom. The number of hydrogen-bond donors (Lipinski definition) is 1. The molecule has 0 saturated carbocycles. The number of nitrogens with one attached hydrogen (secondary N) is 1. The molecule has 0 radical (unpaired) electrons. The minimum absolute atomic E-state index is 0.0379. The van der Waals surface area contributed by atoms with Crippen LogP contribution in [0.15, 0.2) is 12.1 Å². The summed E-state index contributed by atoms with van der Waals surface area (Å²) in [5.41, 5.74) is -0.478. The number of carbonyl (C=O) groups is 1. The van der Waals surface area contributed by atoms with Gasteiger partial charge in [0.1, 0.15) is 6.17 Å². The lowest BCUT2D eigenvalue weighted by Gasteiger charge is -2.26. The first kappa shape index (κ1) is 16.5. The van der Waals surface area contributed by atoms with Crippen LogP contribution in [-0.2, 0) is 9.53 Å². The Labute approximate surface area is 131 Å². The molecular weight excluding hydrogens is 284 g/mol. The quantitative estimate of drug-likeness (QED) is 0.878. The molecule has 1 amide bonds. The van der Waals surface area contributed by atoms with E-state index in [-0.39, 0.29) is 18.2 Å². The van der Waals surface area contributed by atoms with Gasteiger partial charge in [0.15, 0.2) is 0 Å². The second kappa shape index (κ2) is 6.46. The summed E-state index contributed by atoms with van der Waals surface area (Å²) >= 11 is 1.75. The number of ether oxygens (including phenoxy) is 1. The highest BCUT2D eigenvalue weighted by Gasteiger charge is 2.47. The van der Waals surface area contributed by atoms with Gasteiger partial charge in [-0.25, -0.2) is 0 Å². The molecule has 3 unspecified atom stereocenters. The van der Waals surface area contributed by atoms with Gasteiger partial charge in [-0.2, -0.15) is 0 Å². The van der Waals surface area contributed by atoms with Crippen molar-refractivity contribution in [3.63, 3.8) is 0 Å². The third-order valence-corrected chi connectivity index (χ3v) is 5.20. The maximum atomic E-state index is 12.8. The summed E-state index contributed by atoms with van der Waals surface area (Å²) in [4.78, 5) is 17.2. The van der Waals surface area contributed by atoms with E-state index in [2.05, 4.69) is 31.3 Å². The third kappa shape index (κ3) is 3.30. The highest BCUT2D eigenvalue weighted by molar-refractivity contribution is 7.12. The zero-order valence-electron chi connectivity index (χ0n) is 13.6. The van der Waals surface area contributed by atoms with Gasteiger partial charge in [0, 0.05) is 22.9 Å². The molecule has 0 aromatic carbocycles. The molecule has 118 valence electrons. The van der Waals surface area contributed by atoms with Crippen LogP contribution >= 0.6 is 11.3 Å². The Morgan fingerprint density at radius 2 is 2.19 bits per heavy atom. The van der Waals surface area contributed by atoms with Gasteiger partial charge >= 0.3 is 0 Å². The number of rotatable bonds is 6. The number of carbonyl (C=O) groups excluding carboxylic acids is 1. The molecule has 1 aliphatic heterocycles. The molecule has 21 heavy (non-hydrogen) atoms.